The number of cyclic esters (lactones) is 1. The summed E-state index contributed by atoms with van der Waals surface area (Å²) in [4.78, 5) is 58.4. The summed E-state index contributed by atoms with van der Waals surface area (Å²) in [5, 5.41) is 35.3. The third-order valence-corrected chi connectivity index (χ3v) is 14.8. The van der Waals surface area contributed by atoms with Crippen molar-refractivity contribution in [3.05, 3.63) is 58.1 Å². The fourth-order valence-corrected chi connectivity index (χ4v) is 10.8. The van der Waals surface area contributed by atoms with Crippen LogP contribution in [0.2, 0.25) is 5.02 Å². The molecule has 2 bridgehead atoms. The van der Waals surface area contributed by atoms with Gasteiger partial charge in [-0.25, -0.2) is 4.79 Å². The number of Topliss-reactive ketones (excluding diaryl/α,β-unsaturated/α-hetero) is 2. The average molecular weight is 947 g/mol. The van der Waals surface area contributed by atoms with Gasteiger partial charge in [-0.15, -0.1) is 0 Å². The van der Waals surface area contributed by atoms with Gasteiger partial charge in [-0.3, -0.25) is 14.4 Å². The van der Waals surface area contributed by atoms with Gasteiger partial charge in [0, 0.05) is 57.1 Å². The first-order chi connectivity index (χ1) is 31.3. The molecule has 1 aromatic rings. The van der Waals surface area contributed by atoms with E-state index < -0.39 is 83.9 Å². The van der Waals surface area contributed by atoms with Gasteiger partial charge in [0.05, 0.1) is 37.1 Å². The van der Waals surface area contributed by atoms with Gasteiger partial charge in [-0.2, -0.15) is 0 Å². The molecule has 15 heteroatoms. The van der Waals surface area contributed by atoms with Crippen molar-refractivity contribution in [2.24, 2.45) is 29.6 Å². The number of piperidine rings is 1. The molecule has 15 unspecified atom stereocenters. The second-order valence-electron chi connectivity index (χ2n) is 19.5. The number of allylic oxidation sites excluding steroid dienone is 3. The largest absolute Gasteiger partial charge is 0.456 e. The first-order valence-electron chi connectivity index (χ1n) is 24.0. The van der Waals surface area contributed by atoms with Crippen LogP contribution >= 0.6 is 11.6 Å². The summed E-state index contributed by atoms with van der Waals surface area (Å²) in [5.41, 5.74) is 2.29. The number of amides is 1. The van der Waals surface area contributed by atoms with Gasteiger partial charge < -0.3 is 48.6 Å². The van der Waals surface area contributed by atoms with Crippen molar-refractivity contribution in [3.63, 3.8) is 0 Å². The zero-order chi connectivity index (χ0) is 48.5. The molecule has 66 heavy (non-hydrogen) atoms. The van der Waals surface area contributed by atoms with E-state index in [4.69, 9.17) is 40.0 Å². The SMILES string of the molecule is CCC1C=C(C)CC(C)CC(OC)C2OC(O)(C(=O)C(=O)N3CCCCC3C(=O)OC(C(C)=CC3CCC(OCC(O)c4cccc(Cl)c4)C(OC)C3)C(C)C(O)CC1=O)C(C)CC2OC. The first-order valence-corrected chi connectivity index (χ1v) is 24.4. The Morgan fingerprint density at radius 3 is 2.32 bits per heavy atom. The summed E-state index contributed by atoms with van der Waals surface area (Å²) >= 11 is 6.14. The van der Waals surface area contributed by atoms with Gasteiger partial charge in [0.2, 0.25) is 5.79 Å². The highest BCUT2D eigenvalue weighted by Crippen LogP contribution is 2.39. The normalized spacial score (nSPS) is 36.7. The molecular formula is C51H76ClNO13. The standard InChI is InChI=1S/C51H76ClNO13/c1-10-35-21-29(2)20-30(3)22-44(62-8)47-45(63-9)24-32(5)51(60,66-47)48(57)49(58)53-19-12-11-16-38(53)50(59)65-46(33(6)39(54)27-40(35)55)31(4)23-34-17-18-42(43(25-34)61-7)64-28-41(56)36-14-13-15-37(52)26-36/h13-15,21,23,26,30,32-35,38-39,41-47,54,56,60H,10-12,16-20,22,24-25,27-28H2,1-9H3. The van der Waals surface area contributed by atoms with E-state index in [1.54, 1.807) is 45.2 Å². The number of carbonyl (C=O) groups is 4. The Balaban J connectivity index is 1.45. The Labute approximate surface area is 396 Å². The first kappa shape index (κ1) is 53.9. The van der Waals surface area contributed by atoms with Gasteiger partial charge in [0.1, 0.15) is 30.1 Å². The van der Waals surface area contributed by atoms with E-state index in [1.807, 2.05) is 32.9 Å². The average Bonchev–Trinajstić information content (AvgIpc) is 3.30. The number of methoxy groups -OCH3 is 3. The van der Waals surface area contributed by atoms with E-state index >= 15 is 0 Å². The molecule has 14 nitrogen and oxygen atoms in total. The maximum atomic E-state index is 14.5. The second kappa shape index (κ2) is 24.5. The fraction of sp³-hybridized carbons (Fsp3) is 0.725. The van der Waals surface area contributed by atoms with E-state index in [0.29, 0.717) is 67.5 Å². The monoisotopic (exact) mass is 946 g/mol. The minimum absolute atomic E-state index is 0.0200. The van der Waals surface area contributed by atoms with E-state index in [1.165, 1.54) is 19.1 Å². The third-order valence-electron chi connectivity index (χ3n) is 14.6. The van der Waals surface area contributed by atoms with Crippen LogP contribution in [-0.4, -0.2) is 133 Å². The summed E-state index contributed by atoms with van der Waals surface area (Å²) in [6, 6.07) is 5.86. The molecule has 0 spiro atoms. The van der Waals surface area contributed by atoms with E-state index in [0.717, 1.165) is 5.57 Å². The topological polar surface area (TPSA) is 188 Å². The number of rotatable bonds is 10. The van der Waals surface area contributed by atoms with Gasteiger partial charge in [-0.05, 0) is 113 Å². The highest BCUT2D eigenvalue weighted by Gasteiger charge is 2.56. The molecule has 0 radical (unpaired) electrons. The van der Waals surface area contributed by atoms with Crippen molar-refractivity contribution in [2.75, 3.05) is 34.5 Å². The summed E-state index contributed by atoms with van der Waals surface area (Å²) in [6.07, 6.45) is 3.09. The highest BCUT2D eigenvalue weighted by atomic mass is 35.5. The number of halogens is 1. The molecule has 3 heterocycles. The van der Waals surface area contributed by atoms with Crippen LogP contribution in [0.1, 0.15) is 124 Å². The molecule has 1 aromatic carbocycles. The Morgan fingerprint density at radius 1 is 0.955 bits per heavy atom. The van der Waals surface area contributed by atoms with Crippen molar-refractivity contribution in [1.29, 1.82) is 0 Å². The zero-order valence-corrected chi connectivity index (χ0v) is 41.2. The lowest BCUT2D eigenvalue weighted by Crippen LogP contribution is -2.64. The number of ketones is 2. The number of hydrogen-bond acceptors (Lipinski definition) is 13. The Kier molecular flexibility index (Phi) is 20.0. The van der Waals surface area contributed by atoms with Crippen LogP contribution in [0.4, 0.5) is 0 Å². The Bertz CT molecular complexity index is 1870. The molecule has 5 rings (SSSR count). The molecule has 1 amide bonds. The van der Waals surface area contributed by atoms with Crippen LogP contribution in [0.5, 0.6) is 0 Å². The number of fused-ring (bicyclic) bond motifs is 3. The van der Waals surface area contributed by atoms with Gasteiger partial charge >= 0.3 is 5.97 Å². The number of hydrogen-bond donors (Lipinski definition) is 3. The van der Waals surface area contributed by atoms with Crippen LogP contribution in [0.3, 0.4) is 0 Å². The van der Waals surface area contributed by atoms with Crippen LogP contribution in [-0.2, 0) is 47.6 Å². The molecule has 2 saturated heterocycles. The molecule has 3 N–H and O–H groups in total. The lowest BCUT2D eigenvalue weighted by atomic mass is 9.81. The van der Waals surface area contributed by atoms with Crippen molar-refractivity contribution in [1.82, 2.24) is 4.90 Å². The smallest absolute Gasteiger partial charge is 0.329 e. The number of aliphatic hydroxyl groups is 3. The third kappa shape index (κ3) is 13.2. The van der Waals surface area contributed by atoms with E-state index in [2.05, 4.69) is 6.92 Å². The number of ether oxygens (including phenoxy) is 6. The molecule has 15 atom stereocenters. The summed E-state index contributed by atoms with van der Waals surface area (Å²) < 4.78 is 36.5. The Hall–Kier alpha value is -3.05. The number of carbonyl (C=O) groups excluding carboxylic acids is 4. The maximum absolute atomic E-state index is 14.5. The fourth-order valence-electron chi connectivity index (χ4n) is 10.6. The molecular weight excluding hydrogens is 870 g/mol. The second-order valence-corrected chi connectivity index (χ2v) is 20.0. The van der Waals surface area contributed by atoms with Crippen LogP contribution in [0.25, 0.3) is 0 Å². The summed E-state index contributed by atoms with van der Waals surface area (Å²) in [5.74, 6) is -7.69. The summed E-state index contributed by atoms with van der Waals surface area (Å²) in [7, 11) is 4.68. The van der Waals surface area contributed by atoms with E-state index in [-0.39, 0.29) is 62.2 Å². The lowest BCUT2D eigenvalue weighted by molar-refractivity contribution is -0.302. The minimum atomic E-state index is -2.52. The Morgan fingerprint density at radius 2 is 1.65 bits per heavy atom. The van der Waals surface area contributed by atoms with E-state index in [9.17, 15) is 34.5 Å². The molecule has 1 aliphatic carbocycles. The van der Waals surface area contributed by atoms with Crippen molar-refractivity contribution < 1.29 is 62.9 Å². The quantitative estimate of drug-likeness (QED) is 0.125. The number of esters is 1. The summed E-state index contributed by atoms with van der Waals surface area (Å²) in [6.45, 7) is 11.3. The predicted octanol–water partition coefficient (Wildman–Crippen LogP) is 6.88. The lowest BCUT2D eigenvalue weighted by Gasteiger charge is -2.47. The molecule has 1 saturated carbocycles. The number of benzene rings is 1. The van der Waals surface area contributed by atoms with Gasteiger partial charge in [0.25, 0.3) is 11.7 Å². The molecule has 370 valence electrons. The van der Waals surface area contributed by atoms with Crippen molar-refractivity contribution in [2.45, 2.75) is 173 Å². The highest BCUT2D eigenvalue weighted by molar-refractivity contribution is 6.39. The van der Waals surface area contributed by atoms with Crippen molar-refractivity contribution in [3.8, 4) is 0 Å². The minimum Gasteiger partial charge on any atom is -0.456 e. The number of aliphatic hydroxyl groups excluding tert-OH is 2. The molecule has 0 aromatic heterocycles. The van der Waals surface area contributed by atoms with Crippen molar-refractivity contribution >= 4 is 35.0 Å². The van der Waals surface area contributed by atoms with Gasteiger partial charge in [-0.1, -0.05) is 69.2 Å². The van der Waals surface area contributed by atoms with Crippen LogP contribution < -0.4 is 0 Å². The van der Waals surface area contributed by atoms with Crippen LogP contribution in [0, 0.1) is 29.6 Å². The zero-order valence-electron chi connectivity index (χ0n) is 40.5. The molecule has 3 fully saturated rings. The molecule has 4 aliphatic rings. The molecule has 3 aliphatic heterocycles. The number of nitrogens with zero attached hydrogens (tertiary/aromatic N) is 1. The van der Waals surface area contributed by atoms with Crippen LogP contribution in [0.15, 0.2) is 47.6 Å². The van der Waals surface area contributed by atoms with Gasteiger partial charge in [0.15, 0.2) is 0 Å². The predicted molar refractivity (Wildman–Crippen MR) is 248 cm³/mol. The maximum Gasteiger partial charge on any atom is 0.329 e.